The van der Waals surface area contributed by atoms with E-state index in [4.69, 9.17) is 21.1 Å². The molecule has 0 radical (unpaired) electrons. The maximum Gasteiger partial charge on any atom is 0.293 e. The van der Waals surface area contributed by atoms with Crippen LogP contribution in [-0.2, 0) is 4.79 Å². The molecule has 0 saturated carbocycles. The van der Waals surface area contributed by atoms with Crippen LogP contribution < -0.4 is 19.7 Å². The summed E-state index contributed by atoms with van der Waals surface area (Å²) in [5.41, 5.74) is 2.76. The molecule has 9 heteroatoms. The average Bonchev–Trinajstić information content (AvgIpc) is 2.93. The normalized spacial score (nSPS) is 14.0. The molecule has 1 heterocycles. The van der Waals surface area contributed by atoms with E-state index in [0.29, 0.717) is 46.7 Å². The number of hydrogen-bond donors (Lipinski definition) is 1. The SMILES string of the molecule is COc1ccc(NC(=O)/C=C/c2ccc(N3CCC(c4ccccc4OC)CC3)c([N+](=O)[O-])c2)c(Cl)c1. The molecule has 37 heavy (non-hydrogen) atoms. The Hall–Kier alpha value is -4.04. The Bertz CT molecular complexity index is 1320. The summed E-state index contributed by atoms with van der Waals surface area (Å²) >= 11 is 6.17. The van der Waals surface area contributed by atoms with Gasteiger partial charge in [-0.05, 0) is 60.2 Å². The zero-order valence-corrected chi connectivity index (χ0v) is 21.4. The molecule has 1 fully saturated rings. The van der Waals surface area contributed by atoms with Gasteiger partial charge in [-0.15, -0.1) is 0 Å². The zero-order valence-electron chi connectivity index (χ0n) is 20.6. The first kappa shape index (κ1) is 26.0. The number of hydrogen-bond acceptors (Lipinski definition) is 6. The van der Waals surface area contributed by atoms with Crippen LogP contribution in [-0.4, -0.2) is 38.1 Å². The number of carbonyl (C=O) groups excluding carboxylic acids is 1. The minimum atomic E-state index is -0.405. The van der Waals surface area contributed by atoms with Crippen molar-refractivity contribution in [2.24, 2.45) is 0 Å². The van der Waals surface area contributed by atoms with Crippen LogP contribution in [0, 0.1) is 10.1 Å². The summed E-state index contributed by atoms with van der Waals surface area (Å²) in [7, 11) is 3.20. The second-order valence-electron chi connectivity index (χ2n) is 8.68. The van der Waals surface area contributed by atoms with Gasteiger partial charge in [0.25, 0.3) is 5.69 Å². The van der Waals surface area contributed by atoms with Crippen LogP contribution in [0.5, 0.6) is 11.5 Å². The lowest BCUT2D eigenvalue weighted by atomic mass is 9.88. The van der Waals surface area contributed by atoms with Crippen LogP contribution in [0.3, 0.4) is 0 Å². The maximum absolute atomic E-state index is 12.4. The van der Waals surface area contributed by atoms with Crippen LogP contribution in [0.25, 0.3) is 6.08 Å². The van der Waals surface area contributed by atoms with Crippen molar-refractivity contribution in [3.8, 4) is 11.5 Å². The summed E-state index contributed by atoms with van der Waals surface area (Å²) in [6.07, 6.45) is 4.59. The molecule has 1 aliphatic rings. The third-order valence-electron chi connectivity index (χ3n) is 6.47. The Morgan fingerprint density at radius 2 is 1.84 bits per heavy atom. The summed E-state index contributed by atoms with van der Waals surface area (Å²) in [5.74, 6) is 1.39. The number of para-hydroxylation sites is 1. The molecule has 1 amide bonds. The van der Waals surface area contributed by atoms with E-state index in [9.17, 15) is 14.9 Å². The molecule has 1 saturated heterocycles. The molecule has 0 spiro atoms. The molecule has 3 aromatic rings. The number of benzene rings is 3. The number of nitrogens with one attached hydrogen (secondary N) is 1. The molecule has 192 valence electrons. The predicted octanol–water partition coefficient (Wildman–Crippen LogP) is 6.30. The van der Waals surface area contributed by atoms with Gasteiger partial charge in [0.05, 0.1) is 29.9 Å². The first-order valence-corrected chi connectivity index (χ1v) is 12.3. The van der Waals surface area contributed by atoms with E-state index in [0.717, 1.165) is 18.6 Å². The lowest BCUT2D eigenvalue weighted by molar-refractivity contribution is -0.384. The van der Waals surface area contributed by atoms with Crippen molar-refractivity contribution in [3.05, 3.63) is 93.0 Å². The number of nitro groups is 1. The van der Waals surface area contributed by atoms with Gasteiger partial charge in [0.15, 0.2) is 0 Å². The molecule has 4 rings (SSSR count). The number of nitrogens with zero attached hydrogens (tertiary/aromatic N) is 2. The summed E-state index contributed by atoms with van der Waals surface area (Å²) in [4.78, 5) is 25.9. The highest BCUT2D eigenvalue weighted by molar-refractivity contribution is 6.34. The van der Waals surface area contributed by atoms with Crippen molar-refractivity contribution >= 4 is 40.6 Å². The van der Waals surface area contributed by atoms with E-state index < -0.39 is 5.91 Å². The lowest BCUT2D eigenvalue weighted by Gasteiger charge is -2.34. The van der Waals surface area contributed by atoms with Crippen LogP contribution in [0.1, 0.15) is 29.9 Å². The fourth-order valence-electron chi connectivity index (χ4n) is 4.56. The third kappa shape index (κ3) is 6.21. The fraction of sp³-hybridized carbons (Fsp3) is 0.250. The standard InChI is InChI=1S/C28H28ClN3O5/c1-36-21-9-10-24(23(29)18-21)30-28(33)12-8-19-7-11-25(26(17-19)32(34)35)31-15-13-20(14-16-31)22-5-3-4-6-27(22)37-2/h3-12,17-18,20H,13-16H2,1-2H3,(H,30,33)/b12-8+. The second kappa shape index (κ2) is 11.8. The Morgan fingerprint density at radius 3 is 2.51 bits per heavy atom. The Kier molecular flexibility index (Phi) is 8.30. The van der Waals surface area contributed by atoms with Gasteiger partial charge in [-0.25, -0.2) is 0 Å². The van der Waals surface area contributed by atoms with E-state index in [1.807, 2.05) is 18.2 Å². The molecule has 1 aliphatic heterocycles. The van der Waals surface area contributed by atoms with Crippen molar-refractivity contribution in [1.29, 1.82) is 0 Å². The molecule has 0 aromatic heterocycles. The second-order valence-corrected chi connectivity index (χ2v) is 9.08. The smallest absolute Gasteiger partial charge is 0.293 e. The van der Waals surface area contributed by atoms with Gasteiger partial charge >= 0.3 is 0 Å². The quantitative estimate of drug-likeness (QED) is 0.212. The van der Waals surface area contributed by atoms with Crippen molar-refractivity contribution in [1.82, 2.24) is 0 Å². The van der Waals surface area contributed by atoms with E-state index in [1.54, 1.807) is 37.4 Å². The summed E-state index contributed by atoms with van der Waals surface area (Å²) in [5, 5.41) is 14.9. The molecule has 0 atom stereocenters. The summed E-state index contributed by atoms with van der Waals surface area (Å²) < 4.78 is 10.6. The zero-order chi connectivity index (χ0) is 26.4. The fourth-order valence-corrected chi connectivity index (χ4v) is 4.78. The number of methoxy groups -OCH3 is 2. The van der Waals surface area contributed by atoms with Gasteiger partial charge in [-0.2, -0.15) is 0 Å². The molecular formula is C28H28ClN3O5. The van der Waals surface area contributed by atoms with Gasteiger partial charge in [0.1, 0.15) is 17.2 Å². The van der Waals surface area contributed by atoms with Gasteiger partial charge in [-0.1, -0.05) is 35.9 Å². The van der Waals surface area contributed by atoms with E-state index in [1.165, 1.54) is 30.9 Å². The Labute approximate surface area is 220 Å². The highest BCUT2D eigenvalue weighted by atomic mass is 35.5. The van der Waals surface area contributed by atoms with Gasteiger partial charge in [0, 0.05) is 31.3 Å². The lowest BCUT2D eigenvalue weighted by Crippen LogP contribution is -2.33. The van der Waals surface area contributed by atoms with Crippen LogP contribution in [0.2, 0.25) is 5.02 Å². The largest absolute Gasteiger partial charge is 0.497 e. The molecule has 8 nitrogen and oxygen atoms in total. The van der Waals surface area contributed by atoms with Crippen molar-refractivity contribution < 1.29 is 19.2 Å². The van der Waals surface area contributed by atoms with Gasteiger partial charge in [-0.3, -0.25) is 14.9 Å². The summed E-state index contributed by atoms with van der Waals surface area (Å²) in [6.45, 7) is 1.40. The van der Waals surface area contributed by atoms with Crippen LogP contribution in [0.15, 0.2) is 66.7 Å². The number of nitro benzene ring substituents is 1. The minimum Gasteiger partial charge on any atom is -0.497 e. The monoisotopic (exact) mass is 521 g/mol. The van der Waals surface area contributed by atoms with Gasteiger partial charge in [0.2, 0.25) is 5.91 Å². The highest BCUT2D eigenvalue weighted by Gasteiger charge is 2.27. The van der Waals surface area contributed by atoms with Crippen molar-refractivity contribution in [2.45, 2.75) is 18.8 Å². The molecule has 0 aliphatic carbocycles. The first-order valence-electron chi connectivity index (χ1n) is 11.9. The first-order chi connectivity index (χ1) is 17.9. The number of amides is 1. The topological polar surface area (TPSA) is 93.9 Å². The molecule has 0 unspecified atom stereocenters. The average molecular weight is 522 g/mol. The molecule has 3 aromatic carbocycles. The third-order valence-corrected chi connectivity index (χ3v) is 6.78. The number of carbonyl (C=O) groups is 1. The number of anilines is 2. The number of rotatable bonds is 8. The molecule has 1 N–H and O–H groups in total. The minimum absolute atomic E-state index is 0.0106. The predicted molar refractivity (Wildman–Crippen MR) is 146 cm³/mol. The molecule has 0 bridgehead atoms. The van der Waals surface area contributed by atoms with Crippen molar-refractivity contribution in [2.75, 3.05) is 37.5 Å². The highest BCUT2D eigenvalue weighted by Crippen LogP contribution is 2.38. The Morgan fingerprint density at radius 1 is 1.08 bits per heavy atom. The number of ether oxygens (including phenoxy) is 2. The Balaban J connectivity index is 1.44. The molecular weight excluding hydrogens is 494 g/mol. The van der Waals surface area contributed by atoms with E-state index >= 15 is 0 Å². The van der Waals surface area contributed by atoms with Crippen LogP contribution in [0.4, 0.5) is 17.1 Å². The van der Waals surface area contributed by atoms with Crippen LogP contribution >= 0.6 is 11.6 Å². The van der Waals surface area contributed by atoms with E-state index in [2.05, 4.69) is 16.3 Å². The van der Waals surface area contributed by atoms with E-state index in [-0.39, 0.29) is 10.6 Å². The number of piperidine rings is 1. The maximum atomic E-state index is 12.4. The van der Waals surface area contributed by atoms with Crippen molar-refractivity contribution in [3.63, 3.8) is 0 Å². The summed E-state index contributed by atoms with van der Waals surface area (Å²) in [6, 6.07) is 18.0. The van der Waals surface area contributed by atoms with Gasteiger partial charge < -0.3 is 19.7 Å². The number of halogens is 1.